The fourth-order valence-electron chi connectivity index (χ4n) is 1.58. The second-order valence-corrected chi connectivity index (χ2v) is 3.60. The molecule has 0 spiro atoms. The summed E-state index contributed by atoms with van der Waals surface area (Å²) in [5.41, 5.74) is 0.351. The predicted octanol–water partition coefficient (Wildman–Crippen LogP) is 1.26. The van der Waals surface area contributed by atoms with Gasteiger partial charge in [0.15, 0.2) is 6.10 Å². The minimum atomic E-state index is -0.555. The average Bonchev–Trinajstić information content (AvgIpc) is 2.94. The topological polar surface area (TPSA) is 51.7 Å². The van der Waals surface area contributed by atoms with Crippen LogP contribution in [0.5, 0.6) is 0 Å². The second-order valence-electron chi connectivity index (χ2n) is 3.60. The van der Waals surface area contributed by atoms with Gasteiger partial charge in [0.1, 0.15) is 5.60 Å². The number of hydrogen-bond donors (Lipinski definition) is 0. The molecule has 0 saturated carbocycles. The molecule has 1 fully saturated rings. The van der Waals surface area contributed by atoms with Gasteiger partial charge in [-0.2, -0.15) is 0 Å². The van der Waals surface area contributed by atoms with Crippen molar-refractivity contribution in [2.24, 2.45) is 0 Å². The van der Waals surface area contributed by atoms with E-state index < -0.39 is 11.7 Å². The van der Waals surface area contributed by atoms with Crippen molar-refractivity contribution >= 4 is 5.97 Å². The summed E-state index contributed by atoms with van der Waals surface area (Å²) in [4.78, 5) is 15.4. The number of pyridine rings is 1. The molecule has 2 rings (SSSR count). The van der Waals surface area contributed by atoms with Gasteiger partial charge in [-0.05, 0) is 19.9 Å². The molecule has 1 aliphatic rings. The second kappa shape index (κ2) is 3.62. The molecule has 0 N–H and O–H groups in total. The first-order valence-electron chi connectivity index (χ1n) is 4.93. The number of epoxide rings is 1. The van der Waals surface area contributed by atoms with E-state index in [1.807, 2.05) is 19.1 Å². The van der Waals surface area contributed by atoms with Crippen molar-refractivity contribution in [1.82, 2.24) is 4.98 Å². The van der Waals surface area contributed by atoms with Gasteiger partial charge < -0.3 is 9.47 Å². The Labute approximate surface area is 88.2 Å². The Bertz CT molecular complexity index is 365. The van der Waals surface area contributed by atoms with Crippen molar-refractivity contribution in [3.05, 3.63) is 30.1 Å². The summed E-state index contributed by atoms with van der Waals surface area (Å²) < 4.78 is 10.3. The summed E-state index contributed by atoms with van der Waals surface area (Å²) in [5, 5.41) is 0. The smallest absolute Gasteiger partial charge is 0.338 e. The highest BCUT2D eigenvalue weighted by Crippen LogP contribution is 2.46. The molecule has 80 valence electrons. The first kappa shape index (κ1) is 10.1. The van der Waals surface area contributed by atoms with E-state index in [0.717, 1.165) is 5.56 Å². The number of hydrogen-bond acceptors (Lipinski definition) is 4. The van der Waals surface area contributed by atoms with Gasteiger partial charge >= 0.3 is 5.97 Å². The minimum Gasteiger partial charge on any atom is -0.464 e. The lowest BCUT2D eigenvalue weighted by Crippen LogP contribution is -2.18. The van der Waals surface area contributed by atoms with Gasteiger partial charge in [-0.25, -0.2) is 4.79 Å². The molecular formula is C11H13NO3. The first-order valence-corrected chi connectivity index (χ1v) is 4.93. The Kier molecular flexibility index (Phi) is 2.44. The molecule has 2 unspecified atom stereocenters. The Morgan fingerprint density at radius 2 is 2.53 bits per heavy atom. The summed E-state index contributed by atoms with van der Waals surface area (Å²) in [7, 11) is 0. The van der Waals surface area contributed by atoms with Gasteiger partial charge in [-0.3, -0.25) is 4.98 Å². The standard InChI is InChI=1S/C11H13NO3/c1-3-14-10(13)9-11(2,15-9)8-5-4-6-12-7-8/h4-7,9H,3H2,1-2H3. The molecule has 1 aromatic rings. The SMILES string of the molecule is CCOC(=O)C1OC1(C)c1cccnc1. The summed E-state index contributed by atoms with van der Waals surface area (Å²) >= 11 is 0. The van der Waals surface area contributed by atoms with Crippen molar-refractivity contribution in [3.63, 3.8) is 0 Å². The number of carbonyl (C=O) groups is 1. The maximum absolute atomic E-state index is 11.4. The van der Waals surface area contributed by atoms with Crippen LogP contribution in [0.15, 0.2) is 24.5 Å². The fourth-order valence-corrected chi connectivity index (χ4v) is 1.58. The highest BCUT2D eigenvalue weighted by atomic mass is 16.7. The van der Waals surface area contributed by atoms with Gasteiger partial charge in [0.2, 0.25) is 0 Å². The van der Waals surface area contributed by atoms with Crippen molar-refractivity contribution in [2.45, 2.75) is 25.6 Å². The van der Waals surface area contributed by atoms with Gasteiger partial charge in [-0.15, -0.1) is 0 Å². The molecule has 0 bridgehead atoms. The van der Waals surface area contributed by atoms with Crippen molar-refractivity contribution in [3.8, 4) is 0 Å². The summed E-state index contributed by atoms with van der Waals surface area (Å²) in [6.45, 7) is 4.02. The van der Waals surface area contributed by atoms with Crippen LogP contribution in [-0.4, -0.2) is 23.7 Å². The molecule has 2 atom stereocenters. The molecule has 0 aromatic carbocycles. The van der Waals surface area contributed by atoms with E-state index in [0.29, 0.717) is 6.61 Å². The number of carbonyl (C=O) groups excluding carboxylic acids is 1. The van der Waals surface area contributed by atoms with Crippen LogP contribution >= 0.6 is 0 Å². The van der Waals surface area contributed by atoms with E-state index in [1.165, 1.54) is 0 Å². The Morgan fingerprint density at radius 1 is 1.73 bits per heavy atom. The fraction of sp³-hybridized carbons (Fsp3) is 0.455. The van der Waals surface area contributed by atoms with E-state index in [2.05, 4.69) is 4.98 Å². The zero-order valence-electron chi connectivity index (χ0n) is 8.77. The number of nitrogens with zero attached hydrogens (tertiary/aromatic N) is 1. The molecule has 0 radical (unpaired) electrons. The van der Waals surface area contributed by atoms with E-state index in [-0.39, 0.29) is 5.97 Å². The number of rotatable bonds is 3. The van der Waals surface area contributed by atoms with Crippen LogP contribution in [0.1, 0.15) is 19.4 Å². The van der Waals surface area contributed by atoms with Crippen LogP contribution in [0, 0.1) is 0 Å². The zero-order chi connectivity index (χ0) is 10.9. The third kappa shape index (κ3) is 1.72. The summed E-state index contributed by atoms with van der Waals surface area (Å²) in [5.74, 6) is -0.302. The van der Waals surface area contributed by atoms with Gasteiger partial charge in [-0.1, -0.05) is 6.07 Å². The Hall–Kier alpha value is -1.42. The largest absolute Gasteiger partial charge is 0.464 e. The van der Waals surface area contributed by atoms with E-state index in [9.17, 15) is 4.79 Å². The van der Waals surface area contributed by atoms with Crippen molar-refractivity contribution in [2.75, 3.05) is 6.61 Å². The number of ether oxygens (including phenoxy) is 2. The lowest BCUT2D eigenvalue weighted by atomic mass is 9.99. The number of aromatic nitrogens is 1. The van der Waals surface area contributed by atoms with Crippen molar-refractivity contribution in [1.29, 1.82) is 0 Å². The van der Waals surface area contributed by atoms with Crippen LogP contribution < -0.4 is 0 Å². The molecule has 1 aliphatic heterocycles. The molecule has 1 saturated heterocycles. The number of esters is 1. The molecule has 0 amide bonds. The van der Waals surface area contributed by atoms with Crippen LogP contribution in [0.3, 0.4) is 0 Å². The molecule has 4 nitrogen and oxygen atoms in total. The monoisotopic (exact) mass is 207 g/mol. The third-order valence-corrected chi connectivity index (χ3v) is 2.54. The van der Waals surface area contributed by atoms with Gasteiger partial charge in [0.05, 0.1) is 6.61 Å². The van der Waals surface area contributed by atoms with Gasteiger partial charge in [0.25, 0.3) is 0 Å². The summed E-state index contributed by atoms with van der Waals surface area (Å²) in [6, 6.07) is 3.72. The van der Waals surface area contributed by atoms with Crippen LogP contribution in [-0.2, 0) is 19.9 Å². The molecule has 1 aromatic heterocycles. The van der Waals surface area contributed by atoms with E-state index in [4.69, 9.17) is 9.47 Å². The average molecular weight is 207 g/mol. The normalized spacial score (nSPS) is 28.5. The predicted molar refractivity (Wildman–Crippen MR) is 53.1 cm³/mol. The van der Waals surface area contributed by atoms with Crippen LogP contribution in [0.4, 0.5) is 0 Å². The molecule has 15 heavy (non-hydrogen) atoms. The maximum atomic E-state index is 11.4. The Balaban J connectivity index is 2.10. The molecular weight excluding hydrogens is 194 g/mol. The van der Waals surface area contributed by atoms with E-state index in [1.54, 1.807) is 19.3 Å². The maximum Gasteiger partial charge on any atom is 0.338 e. The van der Waals surface area contributed by atoms with Gasteiger partial charge in [0, 0.05) is 18.0 Å². The lowest BCUT2D eigenvalue weighted by molar-refractivity contribution is -0.144. The first-order chi connectivity index (χ1) is 7.18. The molecule has 0 aliphatic carbocycles. The molecule has 4 heteroatoms. The van der Waals surface area contributed by atoms with Crippen LogP contribution in [0.25, 0.3) is 0 Å². The third-order valence-electron chi connectivity index (χ3n) is 2.54. The minimum absolute atomic E-state index is 0.302. The molecule has 2 heterocycles. The van der Waals surface area contributed by atoms with E-state index >= 15 is 0 Å². The highest BCUT2D eigenvalue weighted by molar-refractivity contribution is 5.79. The van der Waals surface area contributed by atoms with Crippen molar-refractivity contribution < 1.29 is 14.3 Å². The quantitative estimate of drug-likeness (QED) is 0.553. The highest BCUT2D eigenvalue weighted by Gasteiger charge is 2.59. The van der Waals surface area contributed by atoms with Crippen LogP contribution in [0.2, 0.25) is 0 Å². The summed E-state index contributed by atoms with van der Waals surface area (Å²) in [6.07, 6.45) is 2.91. The zero-order valence-corrected chi connectivity index (χ0v) is 8.77. The lowest BCUT2D eigenvalue weighted by Gasteiger charge is -2.05. The Morgan fingerprint density at radius 3 is 3.13 bits per heavy atom.